The SMILES string of the molecule is O=C(CCCCCCNC(=O)c1cn(CC(=O)Nc2cccc3cccnc23)nn1)NO. The Kier molecular flexibility index (Phi) is 8.21. The van der Waals surface area contributed by atoms with Crippen molar-refractivity contribution in [1.82, 2.24) is 30.8 Å². The fraction of sp³-hybridized carbons (Fsp3) is 0.333. The average Bonchev–Trinajstić information content (AvgIpc) is 3.26. The van der Waals surface area contributed by atoms with E-state index in [2.05, 4.69) is 25.9 Å². The van der Waals surface area contributed by atoms with Crippen molar-refractivity contribution in [2.75, 3.05) is 11.9 Å². The number of nitrogens with zero attached hydrogens (tertiary/aromatic N) is 4. The highest BCUT2D eigenvalue weighted by Crippen LogP contribution is 2.20. The number of fused-ring (bicyclic) bond motifs is 1. The normalized spacial score (nSPS) is 10.7. The molecule has 0 aliphatic carbocycles. The van der Waals surface area contributed by atoms with Crippen LogP contribution in [0.4, 0.5) is 5.69 Å². The minimum Gasteiger partial charge on any atom is -0.351 e. The van der Waals surface area contributed by atoms with Gasteiger partial charge in [0.15, 0.2) is 5.69 Å². The fourth-order valence-electron chi connectivity index (χ4n) is 3.13. The summed E-state index contributed by atoms with van der Waals surface area (Å²) in [5.74, 6) is -1.08. The summed E-state index contributed by atoms with van der Waals surface area (Å²) in [6.45, 7) is 0.372. The van der Waals surface area contributed by atoms with Gasteiger partial charge in [-0.3, -0.25) is 24.6 Å². The molecule has 4 N–H and O–H groups in total. The number of para-hydroxylation sites is 1. The van der Waals surface area contributed by atoms with Gasteiger partial charge in [-0.1, -0.05) is 36.3 Å². The molecule has 0 bridgehead atoms. The van der Waals surface area contributed by atoms with Crippen LogP contribution in [0.3, 0.4) is 0 Å². The number of nitrogens with one attached hydrogen (secondary N) is 3. The van der Waals surface area contributed by atoms with E-state index in [1.54, 1.807) is 17.7 Å². The smallest absolute Gasteiger partial charge is 0.273 e. The maximum absolute atomic E-state index is 12.4. The van der Waals surface area contributed by atoms with Crippen molar-refractivity contribution < 1.29 is 19.6 Å². The maximum atomic E-state index is 12.4. The van der Waals surface area contributed by atoms with Gasteiger partial charge in [0, 0.05) is 24.5 Å². The molecule has 0 aliphatic rings. The average molecular weight is 439 g/mol. The summed E-state index contributed by atoms with van der Waals surface area (Å²) in [6, 6.07) is 9.26. The molecular weight excluding hydrogens is 414 g/mol. The zero-order chi connectivity index (χ0) is 22.8. The molecule has 0 aliphatic heterocycles. The molecule has 0 radical (unpaired) electrons. The van der Waals surface area contributed by atoms with Crippen LogP contribution in [0.1, 0.15) is 42.6 Å². The first-order valence-corrected chi connectivity index (χ1v) is 10.3. The van der Waals surface area contributed by atoms with Gasteiger partial charge >= 0.3 is 0 Å². The number of benzene rings is 1. The standard InChI is InChI=1S/C21H25N7O4/c29-18(26-32)10-3-1-2-4-11-23-21(31)17-13-28(27-25-17)14-19(30)24-16-9-5-7-15-8-6-12-22-20(15)16/h5-9,12-13,32H,1-4,10-11,14H2,(H,23,31)(H,24,30)(H,26,29). The molecule has 3 rings (SSSR count). The van der Waals surface area contributed by atoms with Gasteiger partial charge in [-0.25, -0.2) is 10.2 Å². The Balaban J connectivity index is 1.41. The molecule has 0 spiro atoms. The second-order valence-corrected chi connectivity index (χ2v) is 7.19. The fourth-order valence-corrected chi connectivity index (χ4v) is 3.13. The van der Waals surface area contributed by atoms with E-state index in [-0.39, 0.29) is 30.5 Å². The number of amides is 3. The summed E-state index contributed by atoms with van der Waals surface area (Å²) in [7, 11) is 0. The quantitative estimate of drug-likeness (QED) is 0.201. The highest BCUT2D eigenvalue weighted by molar-refractivity contribution is 6.00. The van der Waals surface area contributed by atoms with Crippen LogP contribution in [0, 0.1) is 0 Å². The molecule has 1 aromatic carbocycles. The molecule has 11 heteroatoms. The molecule has 0 unspecified atom stereocenters. The largest absolute Gasteiger partial charge is 0.351 e. The third-order valence-corrected chi connectivity index (χ3v) is 4.72. The van der Waals surface area contributed by atoms with E-state index < -0.39 is 5.91 Å². The number of carbonyl (C=O) groups excluding carboxylic acids is 3. The van der Waals surface area contributed by atoms with Crippen LogP contribution in [0.2, 0.25) is 0 Å². The van der Waals surface area contributed by atoms with Gasteiger partial charge in [0.1, 0.15) is 6.54 Å². The van der Waals surface area contributed by atoms with Crippen LogP contribution >= 0.6 is 0 Å². The third-order valence-electron chi connectivity index (χ3n) is 4.72. The molecule has 11 nitrogen and oxygen atoms in total. The van der Waals surface area contributed by atoms with Gasteiger partial charge in [0.25, 0.3) is 5.91 Å². The van der Waals surface area contributed by atoms with E-state index >= 15 is 0 Å². The number of rotatable bonds is 11. The van der Waals surface area contributed by atoms with Crippen molar-refractivity contribution in [3.05, 3.63) is 48.4 Å². The Morgan fingerprint density at radius 1 is 1.00 bits per heavy atom. The van der Waals surface area contributed by atoms with Gasteiger partial charge in [-0.05, 0) is 25.0 Å². The molecule has 0 saturated carbocycles. The summed E-state index contributed by atoms with van der Waals surface area (Å²) in [5, 5.41) is 22.6. The Bertz CT molecular complexity index is 1080. The summed E-state index contributed by atoms with van der Waals surface area (Å²) in [5.41, 5.74) is 3.02. The summed E-state index contributed by atoms with van der Waals surface area (Å²) in [4.78, 5) is 39.8. The van der Waals surface area contributed by atoms with Gasteiger partial charge in [0.05, 0.1) is 17.4 Å². The molecule has 2 aromatic heterocycles. The first kappa shape index (κ1) is 22.8. The summed E-state index contributed by atoms with van der Waals surface area (Å²) < 4.78 is 1.30. The Hall–Kier alpha value is -3.86. The molecule has 0 fully saturated rings. The zero-order valence-electron chi connectivity index (χ0n) is 17.5. The lowest BCUT2D eigenvalue weighted by molar-refractivity contribution is -0.129. The van der Waals surface area contributed by atoms with Crippen LogP contribution in [0.25, 0.3) is 10.9 Å². The van der Waals surface area contributed by atoms with Crippen LogP contribution < -0.4 is 16.1 Å². The lowest BCUT2D eigenvalue weighted by atomic mass is 10.1. The van der Waals surface area contributed by atoms with Gasteiger partial charge in [0.2, 0.25) is 11.8 Å². The molecular formula is C21H25N7O4. The molecule has 0 atom stereocenters. The van der Waals surface area contributed by atoms with Crippen molar-refractivity contribution in [1.29, 1.82) is 0 Å². The molecule has 2 heterocycles. The molecule has 32 heavy (non-hydrogen) atoms. The number of hydrogen-bond donors (Lipinski definition) is 4. The Morgan fingerprint density at radius 3 is 2.66 bits per heavy atom. The van der Waals surface area contributed by atoms with Crippen LogP contribution in [-0.4, -0.2) is 49.5 Å². The minimum atomic E-state index is -0.399. The lowest BCUT2D eigenvalue weighted by Crippen LogP contribution is -2.25. The lowest BCUT2D eigenvalue weighted by Gasteiger charge is -2.07. The first-order valence-electron chi connectivity index (χ1n) is 10.3. The van der Waals surface area contributed by atoms with E-state index in [1.807, 2.05) is 24.3 Å². The number of pyridine rings is 1. The van der Waals surface area contributed by atoms with E-state index in [1.165, 1.54) is 10.9 Å². The predicted octanol–water partition coefficient (Wildman–Crippen LogP) is 1.65. The number of unbranched alkanes of at least 4 members (excludes halogenated alkanes) is 3. The highest BCUT2D eigenvalue weighted by Gasteiger charge is 2.13. The second kappa shape index (κ2) is 11.5. The number of hydrogen-bond acceptors (Lipinski definition) is 7. The van der Waals surface area contributed by atoms with Gasteiger partial charge in [-0.2, -0.15) is 0 Å². The van der Waals surface area contributed by atoms with Gasteiger partial charge in [-0.15, -0.1) is 5.10 Å². The molecule has 3 aromatic rings. The van der Waals surface area contributed by atoms with Crippen molar-refractivity contribution in [3.63, 3.8) is 0 Å². The van der Waals surface area contributed by atoms with Gasteiger partial charge < -0.3 is 10.6 Å². The van der Waals surface area contributed by atoms with Crippen molar-refractivity contribution in [2.45, 2.75) is 38.6 Å². The van der Waals surface area contributed by atoms with Crippen molar-refractivity contribution in [2.24, 2.45) is 0 Å². The van der Waals surface area contributed by atoms with Crippen LogP contribution in [-0.2, 0) is 16.1 Å². The third kappa shape index (κ3) is 6.57. The molecule has 0 saturated heterocycles. The minimum absolute atomic E-state index is 0.0923. The van der Waals surface area contributed by atoms with Crippen LogP contribution in [0.5, 0.6) is 0 Å². The first-order chi connectivity index (χ1) is 15.6. The summed E-state index contributed by atoms with van der Waals surface area (Å²) in [6.07, 6.45) is 6.44. The maximum Gasteiger partial charge on any atom is 0.273 e. The number of hydroxylamine groups is 1. The predicted molar refractivity (Wildman–Crippen MR) is 116 cm³/mol. The Morgan fingerprint density at radius 2 is 1.81 bits per heavy atom. The monoisotopic (exact) mass is 439 g/mol. The number of carbonyl (C=O) groups is 3. The molecule has 168 valence electrons. The van der Waals surface area contributed by atoms with E-state index in [0.717, 1.165) is 24.6 Å². The van der Waals surface area contributed by atoms with Crippen LogP contribution in [0.15, 0.2) is 42.7 Å². The van der Waals surface area contributed by atoms with E-state index in [9.17, 15) is 14.4 Å². The van der Waals surface area contributed by atoms with E-state index in [0.29, 0.717) is 24.2 Å². The topological polar surface area (TPSA) is 151 Å². The highest BCUT2D eigenvalue weighted by atomic mass is 16.5. The Labute approximate surface area is 184 Å². The zero-order valence-corrected chi connectivity index (χ0v) is 17.5. The summed E-state index contributed by atoms with van der Waals surface area (Å²) >= 11 is 0. The molecule has 3 amide bonds. The number of aromatic nitrogens is 4. The van der Waals surface area contributed by atoms with Crippen molar-refractivity contribution >= 4 is 34.3 Å². The van der Waals surface area contributed by atoms with E-state index in [4.69, 9.17) is 5.21 Å². The second-order valence-electron chi connectivity index (χ2n) is 7.19. The van der Waals surface area contributed by atoms with Crippen molar-refractivity contribution in [3.8, 4) is 0 Å². The number of anilines is 1.